The first-order valence-corrected chi connectivity index (χ1v) is 4.10. The normalized spacial score (nSPS) is 10.5. The van der Waals surface area contributed by atoms with Gasteiger partial charge in [0, 0.05) is 17.0 Å². The molecule has 3 heteroatoms. The molecular formula is C9H9NOS. The molecule has 0 fully saturated rings. The Labute approximate surface area is 76.0 Å². The molecular weight excluding hydrogens is 170 g/mol. The summed E-state index contributed by atoms with van der Waals surface area (Å²) in [5, 5.41) is 2.03. The van der Waals surface area contributed by atoms with Crippen LogP contribution in [-0.4, -0.2) is 12.1 Å². The molecule has 0 aliphatic heterocycles. The Morgan fingerprint density at radius 3 is 2.92 bits per heavy atom. The number of aromatic nitrogens is 1. The molecule has 0 saturated heterocycles. The van der Waals surface area contributed by atoms with Crippen molar-refractivity contribution in [2.75, 3.05) is 7.11 Å². The van der Waals surface area contributed by atoms with Crippen LogP contribution in [0.5, 0.6) is 5.75 Å². The van der Waals surface area contributed by atoms with E-state index in [0.29, 0.717) is 0 Å². The van der Waals surface area contributed by atoms with E-state index in [-0.39, 0.29) is 0 Å². The first kappa shape index (κ1) is 7.55. The van der Waals surface area contributed by atoms with Crippen LogP contribution in [0.4, 0.5) is 0 Å². The Bertz CT molecular complexity index is 408. The van der Waals surface area contributed by atoms with Crippen LogP contribution in [0.3, 0.4) is 0 Å². The van der Waals surface area contributed by atoms with Crippen molar-refractivity contribution >= 4 is 23.5 Å². The minimum absolute atomic E-state index is 0.859. The van der Waals surface area contributed by atoms with Gasteiger partial charge < -0.3 is 9.72 Å². The number of rotatable bonds is 1. The molecule has 0 aliphatic rings. The van der Waals surface area contributed by atoms with E-state index in [9.17, 15) is 0 Å². The molecule has 0 unspecified atom stereocenters. The Hall–Kier alpha value is -1.09. The maximum Gasteiger partial charge on any atom is 0.120 e. The topological polar surface area (TPSA) is 25.0 Å². The van der Waals surface area contributed by atoms with Gasteiger partial charge in [0.15, 0.2) is 0 Å². The molecule has 1 N–H and O–H groups in total. The Morgan fingerprint density at radius 1 is 1.33 bits per heavy atom. The van der Waals surface area contributed by atoms with E-state index in [2.05, 4.69) is 17.6 Å². The van der Waals surface area contributed by atoms with Crippen molar-refractivity contribution < 1.29 is 4.74 Å². The lowest BCUT2D eigenvalue weighted by Gasteiger charge is -1.97. The highest BCUT2D eigenvalue weighted by atomic mass is 32.1. The number of methoxy groups -OCH3 is 1. The second-order valence-electron chi connectivity index (χ2n) is 2.61. The second kappa shape index (κ2) is 2.75. The molecule has 0 atom stereocenters. The minimum atomic E-state index is 0.859. The van der Waals surface area contributed by atoms with Crippen LogP contribution in [-0.2, 0) is 0 Å². The van der Waals surface area contributed by atoms with E-state index < -0.39 is 0 Å². The summed E-state index contributed by atoms with van der Waals surface area (Å²) in [6, 6.07) is 7.88. The largest absolute Gasteiger partial charge is 0.497 e. The lowest BCUT2D eigenvalue weighted by atomic mass is 10.2. The zero-order valence-electron chi connectivity index (χ0n) is 6.66. The predicted octanol–water partition coefficient (Wildman–Crippen LogP) is 2.47. The molecule has 0 saturated carbocycles. The highest BCUT2D eigenvalue weighted by Crippen LogP contribution is 2.22. The van der Waals surface area contributed by atoms with Gasteiger partial charge in [0.25, 0.3) is 0 Å². The summed E-state index contributed by atoms with van der Waals surface area (Å²) in [6.45, 7) is 0. The fraction of sp³-hybridized carbons (Fsp3) is 0.111. The third-order valence-electron chi connectivity index (χ3n) is 1.82. The van der Waals surface area contributed by atoms with Gasteiger partial charge in [0.05, 0.1) is 12.1 Å². The van der Waals surface area contributed by atoms with Gasteiger partial charge in [0.1, 0.15) is 5.75 Å². The van der Waals surface area contributed by atoms with Gasteiger partial charge in [-0.2, -0.15) is 0 Å². The number of thiol groups is 1. The van der Waals surface area contributed by atoms with Crippen molar-refractivity contribution in [3.8, 4) is 5.75 Å². The molecule has 1 heterocycles. The molecule has 0 spiro atoms. The van der Waals surface area contributed by atoms with Crippen molar-refractivity contribution in [3.05, 3.63) is 24.3 Å². The standard InChI is InChI=1S/C9H9NOS/c1-11-7-3-2-6-4-9(12)10-8(6)5-7/h2-5,10,12H,1H3. The monoisotopic (exact) mass is 179 g/mol. The molecule has 1 aromatic carbocycles. The third kappa shape index (κ3) is 1.16. The quantitative estimate of drug-likeness (QED) is 0.646. The Balaban J connectivity index is 2.66. The van der Waals surface area contributed by atoms with Crippen LogP contribution in [0.15, 0.2) is 29.3 Å². The van der Waals surface area contributed by atoms with Gasteiger partial charge in [-0.1, -0.05) is 0 Å². The van der Waals surface area contributed by atoms with Crippen molar-refractivity contribution in [3.63, 3.8) is 0 Å². The van der Waals surface area contributed by atoms with Crippen LogP contribution >= 0.6 is 12.6 Å². The molecule has 2 aromatic rings. The van der Waals surface area contributed by atoms with Crippen molar-refractivity contribution in [1.29, 1.82) is 0 Å². The summed E-state index contributed by atoms with van der Waals surface area (Å²) < 4.78 is 5.09. The summed E-state index contributed by atoms with van der Waals surface area (Å²) in [5.74, 6) is 0.859. The van der Waals surface area contributed by atoms with E-state index in [1.165, 1.54) is 0 Å². The highest BCUT2D eigenvalue weighted by molar-refractivity contribution is 7.80. The molecule has 2 rings (SSSR count). The number of fused-ring (bicyclic) bond motifs is 1. The fourth-order valence-corrected chi connectivity index (χ4v) is 1.48. The van der Waals surface area contributed by atoms with Gasteiger partial charge in [-0.25, -0.2) is 0 Å². The van der Waals surface area contributed by atoms with Crippen LogP contribution in [0.2, 0.25) is 0 Å². The number of benzene rings is 1. The third-order valence-corrected chi connectivity index (χ3v) is 2.06. The maximum absolute atomic E-state index is 5.09. The van der Waals surface area contributed by atoms with Crippen LogP contribution < -0.4 is 4.74 Å². The van der Waals surface area contributed by atoms with Crippen LogP contribution in [0.1, 0.15) is 0 Å². The number of ether oxygens (including phenoxy) is 1. The number of H-pyrrole nitrogens is 1. The van der Waals surface area contributed by atoms with E-state index in [4.69, 9.17) is 4.74 Å². The number of hydrogen-bond acceptors (Lipinski definition) is 2. The summed E-state index contributed by atoms with van der Waals surface area (Å²) in [4.78, 5) is 3.12. The molecule has 2 nitrogen and oxygen atoms in total. The van der Waals surface area contributed by atoms with E-state index in [1.807, 2.05) is 24.3 Å². The summed E-state index contributed by atoms with van der Waals surface area (Å²) in [6.07, 6.45) is 0. The summed E-state index contributed by atoms with van der Waals surface area (Å²) in [7, 11) is 1.66. The molecule has 62 valence electrons. The first-order valence-electron chi connectivity index (χ1n) is 3.65. The van der Waals surface area contributed by atoms with Gasteiger partial charge >= 0.3 is 0 Å². The SMILES string of the molecule is COc1ccc2cc(S)[nH]c2c1. The second-order valence-corrected chi connectivity index (χ2v) is 3.09. The van der Waals surface area contributed by atoms with Gasteiger partial charge in [-0.3, -0.25) is 0 Å². The lowest BCUT2D eigenvalue weighted by molar-refractivity contribution is 0.415. The molecule has 0 aliphatic carbocycles. The zero-order chi connectivity index (χ0) is 8.55. The first-order chi connectivity index (χ1) is 5.79. The molecule has 1 aromatic heterocycles. The Kier molecular flexibility index (Phi) is 1.73. The smallest absolute Gasteiger partial charge is 0.120 e. The summed E-state index contributed by atoms with van der Waals surface area (Å²) >= 11 is 4.21. The van der Waals surface area contributed by atoms with E-state index in [0.717, 1.165) is 21.7 Å². The van der Waals surface area contributed by atoms with Gasteiger partial charge in [-0.15, -0.1) is 12.6 Å². The van der Waals surface area contributed by atoms with Gasteiger partial charge in [0.2, 0.25) is 0 Å². The average Bonchev–Trinajstić information content (AvgIpc) is 2.43. The molecule has 0 amide bonds. The highest BCUT2D eigenvalue weighted by Gasteiger charge is 1.98. The average molecular weight is 179 g/mol. The van der Waals surface area contributed by atoms with Crippen molar-refractivity contribution in [2.24, 2.45) is 0 Å². The van der Waals surface area contributed by atoms with Gasteiger partial charge in [-0.05, 0) is 18.2 Å². The van der Waals surface area contributed by atoms with Crippen LogP contribution in [0, 0.1) is 0 Å². The zero-order valence-corrected chi connectivity index (χ0v) is 7.56. The van der Waals surface area contributed by atoms with Crippen molar-refractivity contribution in [2.45, 2.75) is 5.03 Å². The number of hydrogen-bond donors (Lipinski definition) is 2. The van der Waals surface area contributed by atoms with E-state index >= 15 is 0 Å². The number of aromatic amines is 1. The molecule has 0 bridgehead atoms. The summed E-state index contributed by atoms with van der Waals surface area (Å²) in [5.41, 5.74) is 1.05. The fourth-order valence-electron chi connectivity index (χ4n) is 1.22. The Morgan fingerprint density at radius 2 is 2.17 bits per heavy atom. The van der Waals surface area contributed by atoms with E-state index in [1.54, 1.807) is 7.11 Å². The maximum atomic E-state index is 5.09. The minimum Gasteiger partial charge on any atom is -0.497 e. The lowest BCUT2D eigenvalue weighted by Crippen LogP contribution is -1.80. The van der Waals surface area contributed by atoms with Crippen LogP contribution in [0.25, 0.3) is 10.9 Å². The van der Waals surface area contributed by atoms with Crippen molar-refractivity contribution in [1.82, 2.24) is 4.98 Å². The molecule has 12 heavy (non-hydrogen) atoms. The molecule has 0 radical (unpaired) electrons. The number of nitrogens with one attached hydrogen (secondary N) is 1. The predicted molar refractivity (Wildman–Crippen MR) is 52.1 cm³/mol.